The lowest BCUT2D eigenvalue weighted by atomic mass is 10.2. The summed E-state index contributed by atoms with van der Waals surface area (Å²) in [5, 5.41) is 0. The SMILES string of the molecule is C[C@H]1CO[C@H](/C=C\c2ccccc2)O1. The fraction of sp³-hybridized carbons (Fsp3) is 0.333. The molecule has 14 heavy (non-hydrogen) atoms. The summed E-state index contributed by atoms with van der Waals surface area (Å²) in [6, 6.07) is 10.1. The zero-order valence-electron chi connectivity index (χ0n) is 8.22. The van der Waals surface area contributed by atoms with E-state index in [9.17, 15) is 0 Å². The van der Waals surface area contributed by atoms with E-state index in [-0.39, 0.29) is 12.4 Å². The van der Waals surface area contributed by atoms with Gasteiger partial charge >= 0.3 is 0 Å². The summed E-state index contributed by atoms with van der Waals surface area (Å²) in [5.41, 5.74) is 1.17. The van der Waals surface area contributed by atoms with Crippen LogP contribution in [0.15, 0.2) is 36.4 Å². The van der Waals surface area contributed by atoms with Crippen molar-refractivity contribution in [2.24, 2.45) is 0 Å². The maximum absolute atomic E-state index is 5.47. The molecule has 2 heteroatoms. The van der Waals surface area contributed by atoms with Gasteiger partial charge in [-0.05, 0) is 18.6 Å². The second-order valence-corrected chi connectivity index (χ2v) is 3.42. The number of hydrogen-bond donors (Lipinski definition) is 0. The molecule has 1 aromatic rings. The lowest BCUT2D eigenvalue weighted by Gasteiger charge is -2.02. The molecule has 1 aliphatic heterocycles. The second kappa shape index (κ2) is 4.40. The molecule has 0 unspecified atom stereocenters. The highest BCUT2D eigenvalue weighted by Crippen LogP contribution is 2.13. The molecule has 0 radical (unpaired) electrons. The van der Waals surface area contributed by atoms with E-state index >= 15 is 0 Å². The van der Waals surface area contributed by atoms with Gasteiger partial charge in [0.15, 0.2) is 6.29 Å². The van der Waals surface area contributed by atoms with E-state index < -0.39 is 0 Å². The quantitative estimate of drug-likeness (QED) is 0.713. The fourth-order valence-corrected chi connectivity index (χ4v) is 1.39. The first-order valence-electron chi connectivity index (χ1n) is 4.85. The minimum absolute atomic E-state index is 0.176. The van der Waals surface area contributed by atoms with Crippen LogP contribution in [0.1, 0.15) is 12.5 Å². The molecule has 0 saturated carbocycles. The highest BCUT2D eigenvalue weighted by Gasteiger charge is 2.19. The molecule has 2 atom stereocenters. The van der Waals surface area contributed by atoms with Crippen molar-refractivity contribution in [1.82, 2.24) is 0 Å². The summed E-state index contributed by atoms with van der Waals surface area (Å²) in [5.74, 6) is 0. The molecule has 0 bridgehead atoms. The standard InChI is InChI=1S/C12H14O2/c1-10-9-13-12(14-10)8-7-11-5-3-2-4-6-11/h2-8,10,12H,9H2,1H3/b8-7-/t10-,12-/m0/s1. The highest BCUT2D eigenvalue weighted by molar-refractivity contribution is 5.48. The topological polar surface area (TPSA) is 18.5 Å². The van der Waals surface area contributed by atoms with E-state index in [0.717, 1.165) is 0 Å². The Hall–Kier alpha value is -1.12. The van der Waals surface area contributed by atoms with Crippen LogP contribution >= 0.6 is 0 Å². The second-order valence-electron chi connectivity index (χ2n) is 3.42. The van der Waals surface area contributed by atoms with Crippen LogP contribution in [0.5, 0.6) is 0 Å². The van der Waals surface area contributed by atoms with Crippen molar-refractivity contribution in [2.45, 2.75) is 19.3 Å². The maximum Gasteiger partial charge on any atom is 0.177 e. The predicted molar refractivity (Wildman–Crippen MR) is 55.8 cm³/mol. The Bertz CT molecular complexity index is 305. The molecular weight excluding hydrogens is 176 g/mol. The first kappa shape index (κ1) is 9.44. The van der Waals surface area contributed by atoms with Crippen LogP contribution in [0.3, 0.4) is 0 Å². The van der Waals surface area contributed by atoms with Crippen LogP contribution in [-0.4, -0.2) is 19.0 Å². The van der Waals surface area contributed by atoms with Crippen molar-refractivity contribution < 1.29 is 9.47 Å². The molecule has 0 aliphatic carbocycles. The molecule has 0 N–H and O–H groups in total. The smallest absolute Gasteiger partial charge is 0.177 e. The molecule has 1 saturated heterocycles. The van der Waals surface area contributed by atoms with Crippen LogP contribution in [0.2, 0.25) is 0 Å². The van der Waals surface area contributed by atoms with Crippen molar-refractivity contribution >= 4 is 6.08 Å². The molecule has 2 rings (SSSR count). The fourth-order valence-electron chi connectivity index (χ4n) is 1.39. The third kappa shape index (κ3) is 2.44. The number of rotatable bonds is 2. The Labute approximate surface area is 84.2 Å². The van der Waals surface area contributed by atoms with Gasteiger partial charge in [0.25, 0.3) is 0 Å². The largest absolute Gasteiger partial charge is 0.346 e. The Balaban J connectivity index is 1.94. The van der Waals surface area contributed by atoms with Gasteiger partial charge in [-0.2, -0.15) is 0 Å². The van der Waals surface area contributed by atoms with Gasteiger partial charge in [-0.15, -0.1) is 0 Å². The summed E-state index contributed by atoms with van der Waals surface area (Å²) in [6.07, 6.45) is 3.99. The summed E-state index contributed by atoms with van der Waals surface area (Å²) in [6.45, 7) is 2.69. The van der Waals surface area contributed by atoms with Crippen molar-refractivity contribution in [1.29, 1.82) is 0 Å². The molecule has 0 aromatic heterocycles. The number of benzene rings is 1. The van der Waals surface area contributed by atoms with Crippen molar-refractivity contribution in [2.75, 3.05) is 6.61 Å². The maximum atomic E-state index is 5.47. The van der Waals surface area contributed by atoms with Crippen molar-refractivity contribution in [3.05, 3.63) is 42.0 Å². The zero-order chi connectivity index (χ0) is 9.80. The molecule has 1 heterocycles. The van der Waals surface area contributed by atoms with Gasteiger partial charge < -0.3 is 9.47 Å². The van der Waals surface area contributed by atoms with Crippen LogP contribution in [0, 0.1) is 0 Å². The Morgan fingerprint density at radius 2 is 2.07 bits per heavy atom. The first-order valence-corrected chi connectivity index (χ1v) is 4.85. The van der Waals surface area contributed by atoms with E-state index in [1.165, 1.54) is 5.56 Å². The third-order valence-corrected chi connectivity index (χ3v) is 2.11. The van der Waals surface area contributed by atoms with Gasteiger partial charge in [0, 0.05) is 0 Å². The Morgan fingerprint density at radius 1 is 1.29 bits per heavy atom. The molecule has 0 amide bonds. The Morgan fingerprint density at radius 3 is 2.71 bits per heavy atom. The normalized spacial score (nSPS) is 27.2. The van der Waals surface area contributed by atoms with E-state index in [2.05, 4.69) is 12.1 Å². The highest BCUT2D eigenvalue weighted by atomic mass is 16.7. The third-order valence-electron chi connectivity index (χ3n) is 2.11. The molecule has 1 aromatic carbocycles. The number of ether oxygens (including phenoxy) is 2. The minimum Gasteiger partial charge on any atom is -0.346 e. The van der Waals surface area contributed by atoms with Crippen molar-refractivity contribution in [3.8, 4) is 0 Å². The average molecular weight is 190 g/mol. The van der Waals surface area contributed by atoms with Gasteiger partial charge in [-0.3, -0.25) is 0 Å². The lowest BCUT2D eigenvalue weighted by Crippen LogP contribution is -2.05. The van der Waals surface area contributed by atoms with E-state index in [0.29, 0.717) is 6.61 Å². The molecule has 2 nitrogen and oxygen atoms in total. The Kier molecular flexibility index (Phi) is 2.96. The molecular formula is C12H14O2. The minimum atomic E-state index is -0.176. The van der Waals surface area contributed by atoms with Gasteiger partial charge in [0.2, 0.25) is 0 Å². The van der Waals surface area contributed by atoms with Crippen LogP contribution in [-0.2, 0) is 9.47 Å². The van der Waals surface area contributed by atoms with Crippen LogP contribution in [0.25, 0.3) is 6.08 Å². The predicted octanol–water partition coefficient (Wildman–Crippen LogP) is 2.46. The monoisotopic (exact) mass is 190 g/mol. The van der Waals surface area contributed by atoms with Crippen LogP contribution < -0.4 is 0 Å². The lowest BCUT2D eigenvalue weighted by molar-refractivity contribution is -0.0155. The summed E-state index contributed by atoms with van der Waals surface area (Å²) >= 11 is 0. The summed E-state index contributed by atoms with van der Waals surface area (Å²) in [7, 11) is 0. The molecule has 1 aliphatic rings. The molecule has 74 valence electrons. The molecule has 0 spiro atoms. The van der Waals surface area contributed by atoms with Gasteiger partial charge in [-0.1, -0.05) is 36.4 Å². The van der Waals surface area contributed by atoms with Crippen molar-refractivity contribution in [3.63, 3.8) is 0 Å². The average Bonchev–Trinajstić information content (AvgIpc) is 2.63. The molecule has 1 fully saturated rings. The van der Waals surface area contributed by atoms with Gasteiger partial charge in [-0.25, -0.2) is 0 Å². The van der Waals surface area contributed by atoms with E-state index in [1.807, 2.05) is 37.3 Å². The summed E-state index contributed by atoms with van der Waals surface area (Å²) < 4.78 is 10.9. The zero-order valence-corrected chi connectivity index (χ0v) is 8.22. The van der Waals surface area contributed by atoms with E-state index in [4.69, 9.17) is 9.47 Å². The first-order chi connectivity index (χ1) is 6.84. The van der Waals surface area contributed by atoms with Gasteiger partial charge in [0.05, 0.1) is 12.7 Å². The van der Waals surface area contributed by atoms with Gasteiger partial charge in [0.1, 0.15) is 0 Å². The number of hydrogen-bond acceptors (Lipinski definition) is 2. The summed E-state index contributed by atoms with van der Waals surface area (Å²) in [4.78, 5) is 0. The van der Waals surface area contributed by atoms with E-state index in [1.54, 1.807) is 0 Å². The van der Waals surface area contributed by atoms with Crippen LogP contribution in [0.4, 0.5) is 0 Å².